The molecule has 1 aromatic rings. The Hall–Kier alpha value is -0.540. The molecule has 6 nitrogen and oxygen atoms in total. The molecule has 0 aromatic carbocycles. The standard InChI is InChI=1S/C10H14BrN3O3S/c11-8-3-10(6-13-5-8)18(15,16)14-1-2-17-9(4-12)7-14/h3,5-6,9H,1-2,4,7,12H2. The van der Waals surface area contributed by atoms with Gasteiger partial charge in [0, 0.05) is 36.5 Å². The molecule has 0 bridgehead atoms. The largest absolute Gasteiger partial charge is 0.374 e. The minimum atomic E-state index is -3.52. The monoisotopic (exact) mass is 335 g/mol. The fourth-order valence-corrected chi connectivity index (χ4v) is 3.70. The van der Waals surface area contributed by atoms with E-state index < -0.39 is 10.0 Å². The van der Waals surface area contributed by atoms with Crippen LogP contribution in [0.25, 0.3) is 0 Å². The number of hydrogen-bond donors (Lipinski definition) is 1. The summed E-state index contributed by atoms with van der Waals surface area (Å²) >= 11 is 3.21. The number of pyridine rings is 1. The highest BCUT2D eigenvalue weighted by atomic mass is 79.9. The van der Waals surface area contributed by atoms with Crippen molar-refractivity contribution in [1.29, 1.82) is 0 Å². The van der Waals surface area contributed by atoms with Crippen molar-refractivity contribution in [2.75, 3.05) is 26.2 Å². The van der Waals surface area contributed by atoms with E-state index in [1.54, 1.807) is 6.20 Å². The molecule has 1 atom stereocenters. The van der Waals surface area contributed by atoms with Gasteiger partial charge in [0.25, 0.3) is 0 Å². The van der Waals surface area contributed by atoms with Gasteiger partial charge in [0.15, 0.2) is 0 Å². The summed E-state index contributed by atoms with van der Waals surface area (Å²) in [4.78, 5) is 4.05. The highest BCUT2D eigenvalue weighted by molar-refractivity contribution is 9.10. The zero-order chi connectivity index (χ0) is 13.2. The van der Waals surface area contributed by atoms with Gasteiger partial charge in [-0.05, 0) is 22.0 Å². The van der Waals surface area contributed by atoms with E-state index in [0.717, 1.165) is 0 Å². The average Bonchev–Trinajstić information content (AvgIpc) is 2.39. The molecule has 0 spiro atoms. The van der Waals surface area contributed by atoms with E-state index >= 15 is 0 Å². The Morgan fingerprint density at radius 1 is 1.56 bits per heavy atom. The summed E-state index contributed by atoms with van der Waals surface area (Å²) in [7, 11) is -3.52. The van der Waals surface area contributed by atoms with Crippen molar-refractivity contribution in [2.45, 2.75) is 11.0 Å². The first-order valence-electron chi connectivity index (χ1n) is 5.46. The summed E-state index contributed by atoms with van der Waals surface area (Å²) in [5.74, 6) is 0. The van der Waals surface area contributed by atoms with Gasteiger partial charge in [-0.25, -0.2) is 8.42 Å². The molecule has 1 saturated heterocycles. The zero-order valence-electron chi connectivity index (χ0n) is 9.62. The average molecular weight is 336 g/mol. The van der Waals surface area contributed by atoms with Gasteiger partial charge in [0.05, 0.1) is 12.7 Å². The fourth-order valence-electron chi connectivity index (χ4n) is 1.74. The molecule has 2 heterocycles. The van der Waals surface area contributed by atoms with E-state index in [2.05, 4.69) is 20.9 Å². The summed E-state index contributed by atoms with van der Waals surface area (Å²) in [5.41, 5.74) is 5.51. The first kappa shape index (κ1) is 13.9. The van der Waals surface area contributed by atoms with Crippen molar-refractivity contribution in [2.24, 2.45) is 5.73 Å². The van der Waals surface area contributed by atoms with E-state index in [1.165, 1.54) is 16.6 Å². The summed E-state index contributed by atoms with van der Waals surface area (Å²) in [6.07, 6.45) is 2.64. The van der Waals surface area contributed by atoms with Crippen molar-refractivity contribution < 1.29 is 13.2 Å². The van der Waals surface area contributed by atoms with Gasteiger partial charge in [0.2, 0.25) is 10.0 Å². The third kappa shape index (κ3) is 2.89. The van der Waals surface area contributed by atoms with Crippen molar-refractivity contribution >= 4 is 26.0 Å². The lowest BCUT2D eigenvalue weighted by atomic mass is 10.3. The van der Waals surface area contributed by atoms with Crippen LogP contribution in [0, 0.1) is 0 Å². The molecular formula is C10H14BrN3O3S. The van der Waals surface area contributed by atoms with Gasteiger partial charge in [0.1, 0.15) is 4.90 Å². The van der Waals surface area contributed by atoms with Gasteiger partial charge in [-0.1, -0.05) is 0 Å². The first-order chi connectivity index (χ1) is 8.54. The minimum absolute atomic E-state index is 0.176. The molecule has 1 unspecified atom stereocenters. The molecule has 0 saturated carbocycles. The van der Waals surface area contributed by atoms with E-state index in [1.807, 2.05) is 0 Å². The SMILES string of the molecule is NCC1CN(S(=O)(=O)c2cncc(Br)c2)CCO1. The van der Waals surface area contributed by atoms with E-state index in [9.17, 15) is 8.42 Å². The number of nitrogens with two attached hydrogens (primary N) is 1. The molecule has 2 rings (SSSR count). The Bertz CT molecular complexity index is 523. The highest BCUT2D eigenvalue weighted by Gasteiger charge is 2.30. The normalized spacial score (nSPS) is 22.0. The van der Waals surface area contributed by atoms with Crippen LogP contribution in [-0.2, 0) is 14.8 Å². The first-order valence-corrected chi connectivity index (χ1v) is 7.69. The second kappa shape index (κ2) is 5.62. The summed E-state index contributed by atoms with van der Waals surface area (Å²) in [5, 5.41) is 0. The number of nitrogens with zero attached hydrogens (tertiary/aromatic N) is 2. The van der Waals surface area contributed by atoms with Crippen LogP contribution in [-0.4, -0.2) is 50.1 Å². The molecule has 8 heteroatoms. The Labute approximate surface area is 114 Å². The van der Waals surface area contributed by atoms with Crippen LogP contribution in [0.3, 0.4) is 0 Å². The van der Waals surface area contributed by atoms with Gasteiger partial charge in [-0.2, -0.15) is 4.31 Å². The van der Waals surface area contributed by atoms with Gasteiger partial charge in [-0.3, -0.25) is 4.98 Å². The van der Waals surface area contributed by atoms with Crippen LogP contribution in [0.2, 0.25) is 0 Å². The van der Waals surface area contributed by atoms with Gasteiger partial charge >= 0.3 is 0 Å². The number of hydrogen-bond acceptors (Lipinski definition) is 5. The van der Waals surface area contributed by atoms with Crippen LogP contribution >= 0.6 is 15.9 Å². The molecule has 100 valence electrons. The lowest BCUT2D eigenvalue weighted by molar-refractivity contribution is 0.00450. The lowest BCUT2D eigenvalue weighted by Crippen LogP contribution is -2.48. The van der Waals surface area contributed by atoms with Crippen LogP contribution in [0.4, 0.5) is 0 Å². The Morgan fingerprint density at radius 2 is 2.33 bits per heavy atom. The summed E-state index contributed by atoms with van der Waals surface area (Å²) in [6.45, 7) is 1.29. The van der Waals surface area contributed by atoms with Crippen molar-refractivity contribution in [3.05, 3.63) is 22.9 Å². The highest BCUT2D eigenvalue weighted by Crippen LogP contribution is 2.20. The lowest BCUT2D eigenvalue weighted by Gasteiger charge is -2.31. The van der Waals surface area contributed by atoms with Crippen molar-refractivity contribution in [3.8, 4) is 0 Å². The molecule has 0 amide bonds. The molecule has 1 aliphatic heterocycles. The third-order valence-corrected chi connectivity index (χ3v) is 4.95. The van der Waals surface area contributed by atoms with Crippen LogP contribution in [0.5, 0.6) is 0 Å². The number of morpholine rings is 1. The number of ether oxygens (including phenoxy) is 1. The number of rotatable bonds is 3. The second-order valence-corrected chi connectivity index (χ2v) is 6.78. The Kier molecular flexibility index (Phi) is 4.33. The topological polar surface area (TPSA) is 85.5 Å². The summed E-state index contributed by atoms with van der Waals surface area (Å²) in [6, 6.07) is 1.54. The van der Waals surface area contributed by atoms with E-state index in [0.29, 0.717) is 24.2 Å². The molecule has 1 aliphatic rings. The van der Waals surface area contributed by atoms with Gasteiger partial charge in [-0.15, -0.1) is 0 Å². The zero-order valence-corrected chi connectivity index (χ0v) is 12.0. The fraction of sp³-hybridized carbons (Fsp3) is 0.500. The van der Waals surface area contributed by atoms with E-state index in [-0.39, 0.29) is 17.5 Å². The van der Waals surface area contributed by atoms with Crippen molar-refractivity contribution in [3.63, 3.8) is 0 Å². The van der Waals surface area contributed by atoms with Crippen molar-refractivity contribution in [1.82, 2.24) is 9.29 Å². The molecule has 0 aliphatic carbocycles. The molecule has 1 aromatic heterocycles. The van der Waals surface area contributed by atoms with Gasteiger partial charge < -0.3 is 10.5 Å². The third-order valence-electron chi connectivity index (χ3n) is 2.68. The number of aromatic nitrogens is 1. The van der Waals surface area contributed by atoms with E-state index in [4.69, 9.17) is 10.5 Å². The molecular weight excluding hydrogens is 322 g/mol. The minimum Gasteiger partial charge on any atom is -0.374 e. The Morgan fingerprint density at radius 3 is 3.00 bits per heavy atom. The summed E-state index contributed by atoms with van der Waals surface area (Å²) < 4.78 is 32.1. The second-order valence-electron chi connectivity index (χ2n) is 3.93. The maximum atomic E-state index is 12.4. The molecule has 1 fully saturated rings. The number of sulfonamides is 1. The smallest absolute Gasteiger partial charge is 0.244 e. The number of halogens is 1. The molecule has 0 radical (unpaired) electrons. The van der Waals surface area contributed by atoms with Crippen LogP contribution in [0.15, 0.2) is 27.8 Å². The molecule has 2 N–H and O–H groups in total. The Balaban J connectivity index is 2.25. The quantitative estimate of drug-likeness (QED) is 0.852. The maximum absolute atomic E-state index is 12.4. The molecule has 18 heavy (non-hydrogen) atoms. The predicted molar refractivity (Wildman–Crippen MR) is 69.5 cm³/mol. The van der Waals surface area contributed by atoms with Crippen LogP contribution in [0.1, 0.15) is 0 Å². The van der Waals surface area contributed by atoms with Crippen LogP contribution < -0.4 is 5.73 Å². The maximum Gasteiger partial charge on any atom is 0.244 e. The predicted octanol–water partition coefficient (Wildman–Crippen LogP) is 0.192.